The van der Waals surface area contributed by atoms with Gasteiger partial charge in [-0.25, -0.2) is 4.90 Å². The van der Waals surface area contributed by atoms with Gasteiger partial charge in [0.15, 0.2) is 0 Å². The highest BCUT2D eigenvalue weighted by Gasteiger charge is 2.74. The minimum absolute atomic E-state index is 0.121. The van der Waals surface area contributed by atoms with Gasteiger partial charge in [0, 0.05) is 28.3 Å². The number of nitrogens with zero attached hydrogens (tertiary/aromatic N) is 2. The van der Waals surface area contributed by atoms with Crippen LogP contribution in [0.2, 0.25) is 5.02 Å². The minimum Gasteiger partial charge on any atom is -0.349 e. The van der Waals surface area contributed by atoms with E-state index in [0.717, 1.165) is 4.90 Å². The number of benzene rings is 3. The normalized spacial score (nSPS) is 23.9. The lowest BCUT2D eigenvalue weighted by Gasteiger charge is -2.27. The second-order valence-corrected chi connectivity index (χ2v) is 9.25. The van der Waals surface area contributed by atoms with Crippen molar-refractivity contribution in [1.82, 2.24) is 0 Å². The number of non-ortho nitro benzene ring substituents is 1. The maximum atomic E-state index is 13.8. The predicted octanol–water partition coefficient (Wildman–Crippen LogP) is 3.94. The number of Topliss-reactive ketones (excluding diaryl/α,β-unsaturated/α-hetero) is 2. The smallest absolute Gasteiger partial charge is 0.269 e. The van der Waals surface area contributed by atoms with Crippen molar-refractivity contribution in [3.63, 3.8) is 0 Å². The maximum Gasteiger partial charge on any atom is 0.269 e. The zero-order chi connectivity index (χ0) is 25.4. The van der Waals surface area contributed by atoms with Gasteiger partial charge in [0.05, 0.1) is 28.6 Å². The molecule has 2 saturated heterocycles. The number of carbonyl (C=O) groups is 4. The number of hydrogen-bond acceptors (Lipinski definition) is 7. The van der Waals surface area contributed by atoms with Gasteiger partial charge in [0.1, 0.15) is 0 Å². The summed E-state index contributed by atoms with van der Waals surface area (Å²) in [6, 6.07) is 17.5. The molecular weight excluding hydrogens is 488 g/mol. The fourth-order valence-electron chi connectivity index (χ4n) is 5.45. The van der Waals surface area contributed by atoms with Gasteiger partial charge in [-0.2, -0.15) is 0 Å². The molecule has 0 unspecified atom stereocenters. The summed E-state index contributed by atoms with van der Waals surface area (Å²) in [5.74, 6) is -5.33. The summed E-state index contributed by atoms with van der Waals surface area (Å²) >= 11 is 5.97. The second kappa shape index (κ2) is 7.64. The summed E-state index contributed by atoms with van der Waals surface area (Å²) in [6.45, 7) is 0. The van der Waals surface area contributed by atoms with Crippen LogP contribution >= 0.6 is 11.6 Å². The van der Waals surface area contributed by atoms with Crippen LogP contribution in [0.4, 0.5) is 11.4 Å². The van der Waals surface area contributed by atoms with E-state index >= 15 is 0 Å². The number of fused-ring (bicyclic) bond motifs is 3. The summed E-state index contributed by atoms with van der Waals surface area (Å²) < 4.78 is 6.16. The summed E-state index contributed by atoms with van der Waals surface area (Å²) in [7, 11) is 0. The van der Waals surface area contributed by atoms with E-state index in [1.165, 1.54) is 60.7 Å². The number of rotatable bonds is 3. The number of anilines is 1. The van der Waals surface area contributed by atoms with Gasteiger partial charge in [0.25, 0.3) is 5.69 Å². The average molecular weight is 503 g/mol. The molecule has 2 fully saturated rings. The molecule has 9 nitrogen and oxygen atoms in total. The van der Waals surface area contributed by atoms with E-state index < -0.39 is 51.8 Å². The van der Waals surface area contributed by atoms with Crippen LogP contribution in [0.5, 0.6) is 0 Å². The second-order valence-electron chi connectivity index (χ2n) is 8.82. The number of nitro benzene ring substituents is 1. The molecule has 0 saturated carbocycles. The summed E-state index contributed by atoms with van der Waals surface area (Å²) in [4.78, 5) is 66.4. The van der Waals surface area contributed by atoms with Crippen LogP contribution in [0.25, 0.3) is 0 Å². The topological polar surface area (TPSA) is 124 Å². The Bertz CT molecular complexity index is 1460. The van der Waals surface area contributed by atoms with Crippen molar-refractivity contribution in [2.45, 2.75) is 11.7 Å². The molecule has 0 N–H and O–H groups in total. The first-order valence-corrected chi connectivity index (χ1v) is 11.4. The first-order valence-electron chi connectivity index (χ1n) is 11.0. The lowest BCUT2D eigenvalue weighted by atomic mass is 9.77. The van der Waals surface area contributed by atoms with E-state index in [0.29, 0.717) is 10.6 Å². The van der Waals surface area contributed by atoms with Gasteiger partial charge in [-0.15, -0.1) is 0 Å². The van der Waals surface area contributed by atoms with Crippen LogP contribution in [0.3, 0.4) is 0 Å². The van der Waals surface area contributed by atoms with E-state index in [1.807, 2.05) is 0 Å². The van der Waals surface area contributed by atoms with Gasteiger partial charge >= 0.3 is 0 Å². The number of imide groups is 1. The lowest BCUT2D eigenvalue weighted by molar-refractivity contribution is -0.384. The first-order chi connectivity index (χ1) is 17.3. The van der Waals surface area contributed by atoms with Crippen molar-refractivity contribution in [3.05, 3.63) is 105 Å². The van der Waals surface area contributed by atoms with Crippen LogP contribution in [0, 0.1) is 22.0 Å². The lowest BCUT2D eigenvalue weighted by Crippen LogP contribution is -2.51. The fraction of sp³-hybridized carbons (Fsp3) is 0.154. The van der Waals surface area contributed by atoms with Crippen LogP contribution in [-0.2, 0) is 14.3 Å². The monoisotopic (exact) mass is 502 g/mol. The highest BCUT2D eigenvalue weighted by molar-refractivity contribution is 6.37. The molecule has 3 atom stereocenters. The predicted molar refractivity (Wildman–Crippen MR) is 126 cm³/mol. The van der Waals surface area contributed by atoms with E-state index in [1.54, 1.807) is 12.1 Å². The molecule has 0 aromatic heterocycles. The van der Waals surface area contributed by atoms with Gasteiger partial charge < -0.3 is 4.74 Å². The van der Waals surface area contributed by atoms with Crippen molar-refractivity contribution in [2.75, 3.05) is 4.90 Å². The van der Waals surface area contributed by atoms with Crippen molar-refractivity contribution in [1.29, 1.82) is 0 Å². The summed E-state index contributed by atoms with van der Waals surface area (Å²) in [6.07, 6.45) is -1.16. The van der Waals surface area contributed by atoms with Crippen LogP contribution in [0.1, 0.15) is 32.4 Å². The maximum absolute atomic E-state index is 13.8. The molecule has 178 valence electrons. The Morgan fingerprint density at radius 2 is 1.42 bits per heavy atom. The highest BCUT2D eigenvalue weighted by Crippen LogP contribution is 2.57. The molecule has 2 amide bonds. The molecular formula is C26H15ClN2O7. The SMILES string of the molecule is O=C1[C@H]2[C@H](c3ccc([N+](=O)[O-])cc3)OC3(C(=O)c4ccccc4C3=O)[C@H]2C(=O)N1c1ccc(Cl)cc1. The number of amides is 2. The number of carbonyl (C=O) groups excluding carboxylic acids is 4. The average Bonchev–Trinajstić information content (AvgIpc) is 3.45. The molecule has 36 heavy (non-hydrogen) atoms. The number of nitro groups is 1. The zero-order valence-corrected chi connectivity index (χ0v) is 19.0. The Hall–Kier alpha value is -4.21. The van der Waals surface area contributed by atoms with Gasteiger partial charge in [0.2, 0.25) is 29.0 Å². The van der Waals surface area contributed by atoms with E-state index in [-0.39, 0.29) is 22.5 Å². The molecule has 0 radical (unpaired) electrons. The van der Waals surface area contributed by atoms with Crippen LogP contribution < -0.4 is 4.90 Å². The molecule has 1 spiro atoms. The molecule has 3 aromatic rings. The number of ether oxygens (including phenoxy) is 1. The summed E-state index contributed by atoms with van der Waals surface area (Å²) in [5, 5.41) is 11.5. The largest absolute Gasteiger partial charge is 0.349 e. The Balaban J connectivity index is 1.52. The van der Waals surface area contributed by atoms with Gasteiger partial charge in [-0.1, -0.05) is 35.9 Å². The quantitative estimate of drug-likeness (QED) is 0.230. The summed E-state index contributed by atoms with van der Waals surface area (Å²) in [5.41, 5.74) is -1.57. The zero-order valence-electron chi connectivity index (χ0n) is 18.3. The molecule has 3 aromatic carbocycles. The standard InChI is InChI=1S/C26H15ClN2O7/c27-14-7-11-15(12-8-14)28-24(32)19-20(25(28)33)26(22(30)17-3-1-2-4-18(17)23(26)31)36-21(19)13-5-9-16(10-6-13)29(34)35/h1-12,19-21H/t19-,20-,21+/m1/s1. The van der Waals surface area contributed by atoms with E-state index in [9.17, 15) is 29.3 Å². The van der Waals surface area contributed by atoms with Crippen LogP contribution in [-0.4, -0.2) is 33.9 Å². The molecule has 10 heteroatoms. The Morgan fingerprint density at radius 3 is 1.97 bits per heavy atom. The van der Waals surface area contributed by atoms with E-state index in [4.69, 9.17) is 16.3 Å². The molecule has 2 aliphatic heterocycles. The number of hydrogen-bond donors (Lipinski definition) is 0. The number of ketones is 2. The van der Waals surface area contributed by atoms with E-state index in [2.05, 4.69) is 0 Å². The molecule has 1 aliphatic carbocycles. The number of halogens is 1. The van der Waals surface area contributed by atoms with Gasteiger partial charge in [-0.05, 0) is 42.0 Å². The Kier molecular flexibility index (Phi) is 4.73. The third kappa shape index (κ3) is 2.81. The minimum atomic E-state index is -2.21. The fourth-order valence-corrected chi connectivity index (χ4v) is 5.57. The van der Waals surface area contributed by atoms with Crippen LogP contribution in [0.15, 0.2) is 72.8 Å². The third-order valence-corrected chi connectivity index (χ3v) is 7.29. The van der Waals surface area contributed by atoms with Crippen molar-refractivity contribution >= 4 is 46.4 Å². The van der Waals surface area contributed by atoms with Crippen molar-refractivity contribution < 1.29 is 28.8 Å². The molecule has 3 aliphatic rings. The molecule has 2 heterocycles. The molecule has 6 rings (SSSR count). The third-order valence-electron chi connectivity index (χ3n) is 7.04. The Morgan fingerprint density at radius 1 is 0.833 bits per heavy atom. The van der Waals surface area contributed by atoms with Crippen molar-refractivity contribution in [3.8, 4) is 0 Å². The molecule has 0 bridgehead atoms. The Labute approximate surface area is 208 Å². The van der Waals surface area contributed by atoms with Crippen molar-refractivity contribution in [2.24, 2.45) is 11.8 Å². The highest BCUT2D eigenvalue weighted by atomic mass is 35.5. The first kappa shape index (κ1) is 22.3. The van der Waals surface area contributed by atoms with Gasteiger partial charge in [-0.3, -0.25) is 29.3 Å².